The number of hydrogen-bond acceptors (Lipinski definition) is 3. The zero-order valence-corrected chi connectivity index (χ0v) is 9.47. The summed E-state index contributed by atoms with van der Waals surface area (Å²) in [5, 5.41) is 2.79. The fourth-order valence-electron chi connectivity index (χ4n) is 1.46. The second kappa shape index (κ2) is 4.65. The molecule has 0 atom stereocenters. The van der Waals surface area contributed by atoms with Gasteiger partial charge in [-0.3, -0.25) is 9.78 Å². The highest BCUT2D eigenvalue weighted by Crippen LogP contribution is 2.14. The smallest absolute Gasteiger partial charge is 0.255 e. The Kier molecular flexibility index (Phi) is 3.05. The maximum absolute atomic E-state index is 11.9. The predicted octanol–water partition coefficient (Wildman–Crippen LogP) is 2.22. The van der Waals surface area contributed by atoms with Crippen molar-refractivity contribution in [3.05, 3.63) is 53.9 Å². The molecule has 3 N–H and O–H groups in total. The van der Waals surface area contributed by atoms with Gasteiger partial charge in [0.25, 0.3) is 5.91 Å². The zero-order valence-electron chi connectivity index (χ0n) is 9.47. The molecule has 1 heterocycles. The van der Waals surface area contributed by atoms with Crippen molar-refractivity contribution in [1.82, 2.24) is 4.98 Å². The molecule has 0 radical (unpaired) electrons. The van der Waals surface area contributed by atoms with Gasteiger partial charge >= 0.3 is 0 Å². The number of nitrogens with zero attached hydrogens (tertiary/aromatic N) is 1. The van der Waals surface area contributed by atoms with Crippen LogP contribution >= 0.6 is 0 Å². The minimum absolute atomic E-state index is 0.153. The van der Waals surface area contributed by atoms with Gasteiger partial charge < -0.3 is 11.1 Å². The van der Waals surface area contributed by atoms with Gasteiger partial charge in [-0.1, -0.05) is 0 Å². The van der Waals surface area contributed by atoms with Crippen LogP contribution in [0.4, 0.5) is 11.4 Å². The van der Waals surface area contributed by atoms with Crippen molar-refractivity contribution in [3.8, 4) is 0 Å². The van der Waals surface area contributed by atoms with Crippen molar-refractivity contribution >= 4 is 17.3 Å². The van der Waals surface area contributed by atoms with Crippen LogP contribution in [0.15, 0.2) is 42.7 Å². The summed E-state index contributed by atoms with van der Waals surface area (Å²) in [6.07, 6.45) is 3.26. The number of benzene rings is 1. The van der Waals surface area contributed by atoms with Gasteiger partial charge in [0, 0.05) is 29.3 Å². The van der Waals surface area contributed by atoms with E-state index in [-0.39, 0.29) is 5.91 Å². The number of aromatic nitrogens is 1. The molecule has 17 heavy (non-hydrogen) atoms. The summed E-state index contributed by atoms with van der Waals surface area (Å²) in [6, 6.07) is 8.69. The standard InChI is InChI=1S/C13H13N3O/c1-9-8-10(2-3-12(9)14)13(17)16-11-4-6-15-7-5-11/h2-8H,14H2,1H3,(H,15,16,17). The molecule has 0 saturated heterocycles. The first-order valence-electron chi connectivity index (χ1n) is 5.24. The quantitative estimate of drug-likeness (QED) is 0.773. The van der Waals surface area contributed by atoms with E-state index in [0.717, 1.165) is 11.3 Å². The van der Waals surface area contributed by atoms with Crippen LogP contribution in [-0.4, -0.2) is 10.9 Å². The Bertz CT molecular complexity index is 538. The molecule has 0 fully saturated rings. The van der Waals surface area contributed by atoms with Crippen molar-refractivity contribution in [1.29, 1.82) is 0 Å². The van der Waals surface area contributed by atoms with E-state index in [9.17, 15) is 4.79 Å². The summed E-state index contributed by atoms with van der Waals surface area (Å²) in [6.45, 7) is 1.87. The zero-order chi connectivity index (χ0) is 12.3. The first kappa shape index (κ1) is 11.1. The number of amides is 1. The molecule has 0 unspecified atom stereocenters. The van der Waals surface area contributed by atoms with Crippen LogP contribution in [0.1, 0.15) is 15.9 Å². The van der Waals surface area contributed by atoms with Crippen LogP contribution in [-0.2, 0) is 0 Å². The normalized spacial score (nSPS) is 9.94. The number of nitrogens with one attached hydrogen (secondary N) is 1. The third-order valence-corrected chi connectivity index (χ3v) is 2.47. The van der Waals surface area contributed by atoms with Crippen LogP contribution in [0.2, 0.25) is 0 Å². The Morgan fingerprint density at radius 1 is 1.24 bits per heavy atom. The maximum Gasteiger partial charge on any atom is 0.255 e. The van der Waals surface area contributed by atoms with Crippen LogP contribution in [0.5, 0.6) is 0 Å². The highest BCUT2D eigenvalue weighted by Gasteiger charge is 2.06. The number of nitrogens with two attached hydrogens (primary N) is 1. The van der Waals surface area contributed by atoms with Crippen LogP contribution in [0.25, 0.3) is 0 Å². The molecule has 0 aliphatic rings. The molecule has 0 saturated carbocycles. The van der Waals surface area contributed by atoms with Gasteiger partial charge in [-0.15, -0.1) is 0 Å². The number of carbonyl (C=O) groups excluding carboxylic acids is 1. The predicted molar refractivity (Wildman–Crippen MR) is 67.8 cm³/mol. The molecule has 0 bridgehead atoms. The molecular weight excluding hydrogens is 214 g/mol. The first-order chi connectivity index (χ1) is 8.16. The number of rotatable bonds is 2. The van der Waals surface area contributed by atoms with Crippen molar-refractivity contribution in [2.24, 2.45) is 0 Å². The van der Waals surface area contributed by atoms with Gasteiger partial charge in [-0.05, 0) is 42.8 Å². The van der Waals surface area contributed by atoms with Gasteiger partial charge in [-0.25, -0.2) is 0 Å². The van der Waals surface area contributed by atoms with Gasteiger partial charge in [0.15, 0.2) is 0 Å². The van der Waals surface area contributed by atoms with E-state index >= 15 is 0 Å². The SMILES string of the molecule is Cc1cc(C(=O)Nc2ccncc2)ccc1N. The van der Waals surface area contributed by atoms with E-state index in [0.29, 0.717) is 11.3 Å². The van der Waals surface area contributed by atoms with Crippen molar-refractivity contribution in [3.63, 3.8) is 0 Å². The first-order valence-corrected chi connectivity index (χ1v) is 5.24. The van der Waals surface area contributed by atoms with E-state index in [1.807, 2.05) is 6.92 Å². The van der Waals surface area contributed by atoms with Crippen LogP contribution in [0, 0.1) is 6.92 Å². The Labute approximate surface area is 99.5 Å². The number of pyridine rings is 1. The third-order valence-electron chi connectivity index (χ3n) is 2.47. The number of anilines is 2. The minimum Gasteiger partial charge on any atom is -0.399 e. The van der Waals surface area contributed by atoms with Crippen molar-refractivity contribution < 1.29 is 4.79 Å². The molecule has 0 spiro atoms. The van der Waals surface area contributed by atoms with E-state index in [2.05, 4.69) is 10.3 Å². The number of aryl methyl sites for hydroxylation is 1. The number of nitrogen functional groups attached to an aromatic ring is 1. The average Bonchev–Trinajstić information content (AvgIpc) is 2.34. The van der Waals surface area contributed by atoms with Gasteiger partial charge in [0.2, 0.25) is 0 Å². The van der Waals surface area contributed by atoms with Crippen LogP contribution < -0.4 is 11.1 Å². The lowest BCUT2D eigenvalue weighted by Gasteiger charge is -2.06. The lowest BCUT2D eigenvalue weighted by molar-refractivity contribution is 0.102. The molecule has 2 rings (SSSR count). The van der Waals surface area contributed by atoms with E-state index < -0.39 is 0 Å². The monoisotopic (exact) mass is 227 g/mol. The highest BCUT2D eigenvalue weighted by atomic mass is 16.1. The molecular formula is C13H13N3O. The van der Waals surface area contributed by atoms with Gasteiger partial charge in [0.1, 0.15) is 0 Å². The number of hydrogen-bond donors (Lipinski definition) is 2. The van der Waals surface area contributed by atoms with Gasteiger partial charge in [0.05, 0.1) is 0 Å². The molecule has 2 aromatic rings. The molecule has 86 valence electrons. The summed E-state index contributed by atoms with van der Waals surface area (Å²) < 4.78 is 0. The molecule has 1 amide bonds. The van der Waals surface area contributed by atoms with E-state index in [4.69, 9.17) is 5.73 Å². The van der Waals surface area contributed by atoms with E-state index in [1.165, 1.54) is 0 Å². The lowest BCUT2D eigenvalue weighted by atomic mass is 10.1. The topological polar surface area (TPSA) is 68.0 Å². The summed E-state index contributed by atoms with van der Waals surface area (Å²) in [4.78, 5) is 15.8. The second-order valence-electron chi connectivity index (χ2n) is 3.76. The molecule has 0 aliphatic heterocycles. The van der Waals surface area contributed by atoms with Gasteiger partial charge in [-0.2, -0.15) is 0 Å². The fourth-order valence-corrected chi connectivity index (χ4v) is 1.46. The van der Waals surface area contributed by atoms with Crippen molar-refractivity contribution in [2.75, 3.05) is 11.1 Å². The van der Waals surface area contributed by atoms with E-state index in [1.54, 1.807) is 42.7 Å². The summed E-state index contributed by atoms with van der Waals surface area (Å²) in [5.41, 5.74) is 8.60. The Balaban J connectivity index is 2.18. The Morgan fingerprint density at radius 3 is 2.59 bits per heavy atom. The molecule has 4 nitrogen and oxygen atoms in total. The fraction of sp³-hybridized carbons (Fsp3) is 0.0769. The lowest BCUT2D eigenvalue weighted by Crippen LogP contribution is -2.12. The molecule has 4 heteroatoms. The maximum atomic E-state index is 11.9. The minimum atomic E-state index is -0.153. The van der Waals surface area contributed by atoms with Crippen LogP contribution in [0.3, 0.4) is 0 Å². The summed E-state index contributed by atoms with van der Waals surface area (Å²) in [5.74, 6) is -0.153. The molecule has 1 aromatic carbocycles. The Morgan fingerprint density at radius 2 is 1.94 bits per heavy atom. The molecule has 0 aliphatic carbocycles. The number of carbonyl (C=O) groups is 1. The third kappa shape index (κ3) is 2.60. The second-order valence-corrected chi connectivity index (χ2v) is 3.76. The van der Waals surface area contributed by atoms with Crippen molar-refractivity contribution in [2.45, 2.75) is 6.92 Å². The molecule has 1 aromatic heterocycles. The Hall–Kier alpha value is -2.36. The largest absolute Gasteiger partial charge is 0.399 e. The highest BCUT2D eigenvalue weighted by molar-refractivity contribution is 6.04. The summed E-state index contributed by atoms with van der Waals surface area (Å²) in [7, 11) is 0. The average molecular weight is 227 g/mol. The summed E-state index contributed by atoms with van der Waals surface area (Å²) >= 11 is 0.